The van der Waals surface area contributed by atoms with Gasteiger partial charge in [-0.3, -0.25) is 9.48 Å². The maximum Gasteiger partial charge on any atom is 0.277 e. The van der Waals surface area contributed by atoms with Crippen molar-refractivity contribution in [3.05, 3.63) is 35.8 Å². The molecule has 0 aliphatic rings. The fraction of sp³-hybridized carbons (Fsp3) is 0.182. The van der Waals surface area contributed by atoms with Crippen molar-refractivity contribution >= 4 is 17.4 Å². The highest BCUT2D eigenvalue weighted by atomic mass is 16.2. The normalized spacial score (nSPS) is 10.2. The van der Waals surface area contributed by atoms with Crippen molar-refractivity contribution in [1.29, 1.82) is 0 Å². The molecule has 0 aliphatic carbocycles. The van der Waals surface area contributed by atoms with Gasteiger partial charge in [-0.15, -0.1) is 0 Å². The zero-order valence-corrected chi connectivity index (χ0v) is 9.64. The van der Waals surface area contributed by atoms with Crippen LogP contribution in [0.3, 0.4) is 0 Å². The topological polar surface area (TPSA) is 85.8 Å². The molecule has 0 spiro atoms. The molecular weight excluding hydrogens is 218 g/mol. The van der Waals surface area contributed by atoms with Crippen molar-refractivity contribution < 1.29 is 4.79 Å². The van der Waals surface area contributed by atoms with E-state index in [0.29, 0.717) is 17.2 Å². The molecule has 0 radical (unpaired) electrons. The van der Waals surface area contributed by atoms with Crippen LogP contribution in [0.2, 0.25) is 0 Å². The lowest BCUT2D eigenvalue weighted by molar-refractivity contribution is 0.102. The third kappa shape index (κ3) is 2.41. The zero-order chi connectivity index (χ0) is 12.4. The number of carbonyl (C=O) groups is 1. The lowest BCUT2D eigenvalue weighted by atomic mass is 10.2. The first-order chi connectivity index (χ1) is 8.06. The van der Waals surface area contributed by atoms with E-state index in [1.54, 1.807) is 30.1 Å². The Bertz CT molecular complexity index is 561. The van der Waals surface area contributed by atoms with Crippen molar-refractivity contribution in [2.75, 3.05) is 11.1 Å². The predicted molar refractivity (Wildman–Crippen MR) is 64.5 cm³/mol. The summed E-state index contributed by atoms with van der Waals surface area (Å²) in [5.74, 6) is 0.209. The second-order valence-corrected chi connectivity index (χ2v) is 3.76. The van der Waals surface area contributed by atoms with E-state index in [0.717, 1.165) is 5.56 Å². The Kier molecular flexibility index (Phi) is 2.78. The highest BCUT2D eigenvalue weighted by Crippen LogP contribution is 2.14. The smallest absolute Gasteiger partial charge is 0.277 e. The van der Waals surface area contributed by atoms with Crippen molar-refractivity contribution in [1.82, 2.24) is 14.8 Å². The van der Waals surface area contributed by atoms with E-state index in [4.69, 9.17) is 5.73 Å². The zero-order valence-electron chi connectivity index (χ0n) is 9.64. The molecule has 88 valence electrons. The van der Waals surface area contributed by atoms with Crippen LogP contribution in [0.15, 0.2) is 24.5 Å². The van der Waals surface area contributed by atoms with Crippen LogP contribution in [0.5, 0.6) is 0 Å². The third-order valence-corrected chi connectivity index (χ3v) is 2.28. The SMILES string of the molecule is Cc1cc(N)cnc1NC(=O)c1ccn(C)n1. The average Bonchev–Trinajstić information content (AvgIpc) is 2.69. The average molecular weight is 231 g/mol. The number of rotatable bonds is 2. The number of aryl methyl sites for hydroxylation is 2. The number of hydrogen-bond acceptors (Lipinski definition) is 4. The van der Waals surface area contributed by atoms with Gasteiger partial charge in [-0.1, -0.05) is 0 Å². The molecule has 6 nitrogen and oxygen atoms in total. The minimum absolute atomic E-state index is 0.286. The summed E-state index contributed by atoms with van der Waals surface area (Å²) in [5, 5.41) is 6.69. The summed E-state index contributed by atoms with van der Waals surface area (Å²) in [6.07, 6.45) is 3.21. The van der Waals surface area contributed by atoms with Crippen molar-refractivity contribution in [2.45, 2.75) is 6.92 Å². The minimum Gasteiger partial charge on any atom is -0.397 e. The summed E-state index contributed by atoms with van der Waals surface area (Å²) >= 11 is 0. The fourth-order valence-electron chi connectivity index (χ4n) is 1.44. The molecule has 2 heterocycles. The number of carbonyl (C=O) groups excluding carboxylic acids is 1. The standard InChI is InChI=1S/C11H13N5O/c1-7-5-8(12)6-13-10(7)14-11(17)9-3-4-16(2)15-9/h3-6H,12H2,1-2H3,(H,13,14,17). The third-order valence-electron chi connectivity index (χ3n) is 2.28. The first-order valence-corrected chi connectivity index (χ1v) is 5.09. The molecule has 0 atom stereocenters. The van der Waals surface area contributed by atoms with Gasteiger partial charge in [0, 0.05) is 13.2 Å². The number of nitrogen functional groups attached to an aromatic ring is 1. The van der Waals surface area contributed by atoms with Gasteiger partial charge >= 0.3 is 0 Å². The minimum atomic E-state index is -0.286. The van der Waals surface area contributed by atoms with Crippen LogP contribution in [0.1, 0.15) is 16.1 Å². The Morgan fingerprint density at radius 3 is 2.88 bits per heavy atom. The Morgan fingerprint density at radius 2 is 2.29 bits per heavy atom. The summed E-state index contributed by atoms with van der Waals surface area (Å²) in [6.45, 7) is 1.83. The van der Waals surface area contributed by atoms with Gasteiger partial charge in [0.25, 0.3) is 5.91 Å². The molecule has 3 N–H and O–H groups in total. The quantitative estimate of drug-likeness (QED) is 0.806. The van der Waals surface area contributed by atoms with Gasteiger partial charge in [-0.25, -0.2) is 4.98 Å². The number of nitrogens with zero attached hydrogens (tertiary/aromatic N) is 3. The summed E-state index contributed by atoms with van der Waals surface area (Å²) in [4.78, 5) is 15.9. The lowest BCUT2D eigenvalue weighted by Crippen LogP contribution is -2.15. The Hall–Kier alpha value is -2.37. The number of hydrogen-bond donors (Lipinski definition) is 2. The van der Waals surface area contributed by atoms with Crippen LogP contribution in [0.4, 0.5) is 11.5 Å². The van der Waals surface area contributed by atoms with Crippen LogP contribution in [-0.4, -0.2) is 20.7 Å². The summed E-state index contributed by atoms with van der Waals surface area (Å²) in [6, 6.07) is 3.39. The molecule has 0 aliphatic heterocycles. The highest BCUT2D eigenvalue weighted by Gasteiger charge is 2.11. The van der Waals surface area contributed by atoms with E-state index in [1.807, 2.05) is 6.92 Å². The summed E-state index contributed by atoms with van der Waals surface area (Å²) < 4.78 is 1.57. The molecule has 0 saturated heterocycles. The van der Waals surface area contributed by atoms with Gasteiger partial charge in [0.05, 0.1) is 11.9 Å². The molecule has 0 saturated carbocycles. The number of amides is 1. The second-order valence-electron chi connectivity index (χ2n) is 3.76. The van der Waals surface area contributed by atoms with Crippen molar-refractivity contribution in [3.63, 3.8) is 0 Å². The fourth-order valence-corrected chi connectivity index (χ4v) is 1.44. The van der Waals surface area contributed by atoms with E-state index >= 15 is 0 Å². The summed E-state index contributed by atoms with van der Waals surface area (Å²) in [7, 11) is 1.75. The number of nitrogens with one attached hydrogen (secondary N) is 1. The van der Waals surface area contributed by atoms with Crippen LogP contribution in [-0.2, 0) is 7.05 Å². The van der Waals surface area contributed by atoms with Crippen molar-refractivity contribution in [2.24, 2.45) is 7.05 Å². The molecule has 0 bridgehead atoms. The van der Waals surface area contributed by atoms with Crippen LogP contribution in [0, 0.1) is 6.92 Å². The second kappa shape index (κ2) is 4.25. The molecular formula is C11H13N5O. The monoisotopic (exact) mass is 231 g/mol. The van der Waals surface area contributed by atoms with Gasteiger partial charge in [0.1, 0.15) is 5.82 Å². The molecule has 0 aromatic carbocycles. The summed E-state index contributed by atoms with van der Waals surface area (Å²) in [5.41, 5.74) is 7.32. The molecule has 17 heavy (non-hydrogen) atoms. The van der Waals surface area contributed by atoms with Crippen LogP contribution < -0.4 is 11.1 Å². The molecule has 1 amide bonds. The van der Waals surface area contributed by atoms with Gasteiger partial charge < -0.3 is 11.1 Å². The Labute approximate surface area is 98.5 Å². The molecule has 0 fully saturated rings. The predicted octanol–water partition coefficient (Wildman–Crippen LogP) is 0.958. The van der Waals surface area contributed by atoms with Gasteiger partial charge in [-0.2, -0.15) is 5.10 Å². The largest absolute Gasteiger partial charge is 0.397 e. The highest BCUT2D eigenvalue weighted by molar-refractivity contribution is 6.02. The lowest BCUT2D eigenvalue weighted by Gasteiger charge is -2.06. The molecule has 6 heteroatoms. The van der Waals surface area contributed by atoms with E-state index in [-0.39, 0.29) is 5.91 Å². The van der Waals surface area contributed by atoms with E-state index in [2.05, 4.69) is 15.4 Å². The first-order valence-electron chi connectivity index (χ1n) is 5.09. The van der Waals surface area contributed by atoms with E-state index in [9.17, 15) is 4.79 Å². The van der Waals surface area contributed by atoms with E-state index in [1.165, 1.54) is 6.20 Å². The first kappa shape index (κ1) is 11.1. The van der Waals surface area contributed by atoms with Gasteiger partial charge in [0.15, 0.2) is 5.69 Å². The maximum atomic E-state index is 11.8. The number of nitrogens with two attached hydrogens (primary N) is 1. The maximum absolute atomic E-state index is 11.8. The molecule has 0 unspecified atom stereocenters. The molecule has 2 aromatic rings. The number of pyridine rings is 1. The van der Waals surface area contributed by atoms with Crippen LogP contribution in [0.25, 0.3) is 0 Å². The van der Waals surface area contributed by atoms with Gasteiger partial charge in [-0.05, 0) is 24.6 Å². The van der Waals surface area contributed by atoms with Gasteiger partial charge in [0.2, 0.25) is 0 Å². The van der Waals surface area contributed by atoms with E-state index < -0.39 is 0 Å². The number of aromatic nitrogens is 3. The molecule has 2 aromatic heterocycles. The van der Waals surface area contributed by atoms with Crippen molar-refractivity contribution in [3.8, 4) is 0 Å². The Morgan fingerprint density at radius 1 is 1.53 bits per heavy atom. The number of anilines is 2. The Balaban J connectivity index is 2.18. The van der Waals surface area contributed by atoms with Crippen LogP contribution >= 0.6 is 0 Å². The molecule has 2 rings (SSSR count).